The number of nitrogens with one attached hydrogen (secondary N) is 2. The van der Waals surface area contributed by atoms with Gasteiger partial charge in [-0.2, -0.15) is 0 Å². The monoisotopic (exact) mass is 235 g/mol. The quantitative estimate of drug-likeness (QED) is 0.733. The molecule has 0 saturated carbocycles. The number of urea groups is 1. The van der Waals surface area contributed by atoms with E-state index in [0.29, 0.717) is 13.2 Å². The van der Waals surface area contributed by atoms with Gasteiger partial charge < -0.3 is 21.1 Å². The van der Waals surface area contributed by atoms with Crippen LogP contribution in [0.4, 0.5) is 10.5 Å². The highest BCUT2D eigenvalue weighted by atomic mass is 16.5. The molecule has 1 atom stereocenters. The van der Waals surface area contributed by atoms with Crippen molar-refractivity contribution in [3.63, 3.8) is 0 Å². The molecule has 1 heterocycles. The topological polar surface area (TPSA) is 76.4 Å². The van der Waals surface area contributed by atoms with Gasteiger partial charge in [0.2, 0.25) is 0 Å². The summed E-state index contributed by atoms with van der Waals surface area (Å²) in [5, 5.41) is 5.63. The van der Waals surface area contributed by atoms with Crippen LogP contribution in [-0.4, -0.2) is 25.3 Å². The summed E-state index contributed by atoms with van der Waals surface area (Å²) >= 11 is 0. The average molecular weight is 235 g/mol. The minimum Gasteiger partial charge on any atom is -0.379 e. The van der Waals surface area contributed by atoms with E-state index >= 15 is 0 Å². The first-order chi connectivity index (χ1) is 8.28. The van der Waals surface area contributed by atoms with E-state index in [1.165, 1.54) is 0 Å². The zero-order valence-electron chi connectivity index (χ0n) is 9.61. The summed E-state index contributed by atoms with van der Waals surface area (Å²) in [4.78, 5) is 11.6. The van der Waals surface area contributed by atoms with Gasteiger partial charge in [0.1, 0.15) is 0 Å². The Kier molecular flexibility index (Phi) is 3.95. The number of rotatable bonds is 3. The molecule has 1 aromatic rings. The molecule has 5 heteroatoms. The summed E-state index contributed by atoms with van der Waals surface area (Å²) in [6.45, 7) is 1.82. The number of hydrogen-bond acceptors (Lipinski definition) is 3. The first kappa shape index (κ1) is 11.9. The van der Waals surface area contributed by atoms with E-state index < -0.39 is 0 Å². The third kappa shape index (κ3) is 3.44. The highest BCUT2D eigenvalue weighted by Crippen LogP contribution is 2.09. The molecular weight excluding hydrogens is 218 g/mol. The number of ether oxygens (including phenoxy) is 1. The standard InChI is InChI=1S/C12H17N3O2/c13-7-9-1-3-10(4-2-9)14-12(16)15-11-5-6-17-8-11/h1-4,11H,5-8,13H2,(H2,14,15,16). The van der Waals surface area contributed by atoms with Crippen LogP contribution in [-0.2, 0) is 11.3 Å². The Morgan fingerprint density at radius 3 is 2.76 bits per heavy atom. The molecule has 0 aliphatic carbocycles. The fourth-order valence-corrected chi connectivity index (χ4v) is 1.73. The van der Waals surface area contributed by atoms with Crippen molar-refractivity contribution in [2.45, 2.75) is 19.0 Å². The van der Waals surface area contributed by atoms with Crippen LogP contribution >= 0.6 is 0 Å². The summed E-state index contributed by atoms with van der Waals surface area (Å²) in [5.41, 5.74) is 7.30. The summed E-state index contributed by atoms with van der Waals surface area (Å²) < 4.78 is 5.18. The maximum absolute atomic E-state index is 11.6. The van der Waals surface area contributed by atoms with Crippen molar-refractivity contribution in [1.29, 1.82) is 0 Å². The molecule has 5 nitrogen and oxygen atoms in total. The second-order valence-electron chi connectivity index (χ2n) is 4.06. The van der Waals surface area contributed by atoms with Crippen molar-refractivity contribution in [3.05, 3.63) is 29.8 Å². The number of amides is 2. The lowest BCUT2D eigenvalue weighted by Crippen LogP contribution is -2.38. The van der Waals surface area contributed by atoms with Crippen molar-refractivity contribution >= 4 is 11.7 Å². The highest BCUT2D eigenvalue weighted by molar-refractivity contribution is 5.89. The van der Waals surface area contributed by atoms with Crippen LogP contribution in [0.2, 0.25) is 0 Å². The predicted molar refractivity (Wildman–Crippen MR) is 65.7 cm³/mol. The highest BCUT2D eigenvalue weighted by Gasteiger charge is 2.17. The van der Waals surface area contributed by atoms with Crippen LogP contribution in [0.25, 0.3) is 0 Å². The van der Waals surface area contributed by atoms with Gasteiger partial charge in [-0.3, -0.25) is 0 Å². The number of benzene rings is 1. The molecular formula is C12H17N3O2. The van der Waals surface area contributed by atoms with Crippen molar-refractivity contribution in [3.8, 4) is 0 Å². The zero-order valence-corrected chi connectivity index (χ0v) is 9.61. The first-order valence-corrected chi connectivity index (χ1v) is 5.72. The summed E-state index contributed by atoms with van der Waals surface area (Å²) in [7, 11) is 0. The van der Waals surface area contributed by atoms with Gasteiger partial charge in [-0.1, -0.05) is 12.1 Å². The summed E-state index contributed by atoms with van der Waals surface area (Å²) in [6, 6.07) is 7.40. The molecule has 4 N–H and O–H groups in total. The fourth-order valence-electron chi connectivity index (χ4n) is 1.73. The van der Waals surface area contributed by atoms with Crippen LogP contribution in [0.1, 0.15) is 12.0 Å². The molecule has 2 amide bonds. The van der Waals surface area contributed by atoms with Crippen molar-refractivity contribution in [2.75, 3.05) is 18.5 Å². The molecule has 0 spiro atoms. The maximum Gasteiger partial charge on any atom is 0.319 e. The second kappa shape index (κ2) is 5.65. The van der Waals surface area contributed by atoms with Crippen molar-refractivity contribution < 1.29 is 9.53 Å². The first-order valence-electron chi connectivity index (χ1n) is 5.72. The van der Waals surface area contributed by atoms with E-state index in [4.69, 9.17) is 10.5 Å². The normalized spacial score (nSPS) is 19.0. The molecule has 92 valence electrons. The summed E-state index contributed by atoms with van der Waals surface area (Å²) in [5.74, 6) is 0. The predicted octanol–water partition coefficient (Wildman–Crippen LogP) is 1.06. The molecule has 17 heavy (non-hydrogen) atoms. The van der Waals surface area contributed by atoms with E-state index in [0.717, 1.165) is 24.3 Å². The molecule has 1 saturated heterocycles. The molecule has 1 aromatic carbocycles. The third-order valence-corrected chi connectivity index (χ3v) is 2.71. The lowest BCUT2D eigenvalue weighted by atomic mass is 10.2. The Hall–Kier alpha value is -1.59. The molecule has 1 aliphatic heterocycles. The SMILES string of the molecule is NCc1ccc(NC(=O)NC2CCOC2)cc1. The van der Waals surface area contributed by atoms with Gasteiger partial charge in [-0.05, 0) is 24.1 Å². The molecule has 1 aliphatic rings. The van der Waals surface area contributed by atoms with Crippen LogP contribution in [0.3, 0.4) is 0 Å². The molecule has 2 rings (SSSR count). The number of hydrogen-bond donors (Lipinski definition) is 3. The van der Waals surface area contributed by atoms with E-state index in [9.17, 15) is 4.79 Å². The van der Waals surface area contributed by atoms with Gasteiger partial charge in [0, 0.05) is 18.8 Å². The third-order valence-electron chi connectivity index (χ3n) is 2.71. The lowest BCUT2D eigenvalue weighted by Gasteiger charge is -2.12. The Morgan fingerprint density at radius 1 is 1.41 bits per heavy atom. The zero-order chi connectivity index (χ0) is 12.1. The lowest BCUT2D eigenvalue weighted by molar-refractivity contribution is 0.189. The van der Waals surface area contributed by atoms with E-state index in [2.05, 4.69) is 10.6 Å². The Labute approximate surface area is 100 Å². The van der Waals surface area contributed by atoms with Gasteiger partial charge in [0.25, 0.3) is 0 Å². The van der Waals surface area contributed by atoms with Crippen molar-refractivity contribution in [1.82, 2.24) is 5.32 Å². The molecule has 1 fully saturated rings. The Balaban J connectivity index is 1.84. The van der Waals surface area contributed by atoms with Crippen LogP contribution < -0.4 is 16.4 Å². The van der Waals surface area contributed by atoms with Gasteiger partial charge in [0.15, 0.2) is 0 Å². The van der Waals surface area contributed by atoms with Gasteiger partial charge in [-0.25, -0.2) is 4.79 Å². The van der Waals surface area contributed by atoms with Crippen molar-refractivity contribution in [2.24, 2.45) is 5.73 Å². The van der Waals surface area contributed by atoms with Crippen LogP contribution in [0.15, 0.2) is 24.3 Å². The van der Waals surface area contributed by atoms with Crippen LogP contribution in [0.5, 0.6) is 0 Å². The fraction of sp³-hybridized carbons (Fsp3) is 0.417. The molecule has 0 aromatic heterocycles. The molecule has 0 radical (unpaired) electrons. The van der Waals surface area contributed by atoms with E-state index in [-0.39, 0.29) is 12.1 Å². The average Bonchev–Trinajstić information content (AvgIpc) is 2.82. The number of carbonyl (C=O) groups excluding carboxylic acids is 1. The molecule has 1 unspecified atom stereocenters. The van der Waals surface area contributed by atoms with Crippen LogP contribution in [0, 0.1) is 0 Å². The second-order valence-corrected chi connectivity index (χ2v) is 4.06. The molecule has 0 bridgehead atoms. The minimum absolute atomic E-state index is 0.123. The smallest absolute Gasteiger partial charge is 0.319 e. The maximum atomic E-state index is 11.6. The Bertz CT molecular complexity index is 372. The van der Waals surface area contributed by atoms with Gasteiger partial charge >= 0.3 is 6.03 Å². The van der Waals surface area contributed by atoms with Gasteiger partial charge in [-0.15, -0.1) is 0 Å². The van der Waals surface area contributed by atoms with Gasteiger partial charge in [0.05, 0.1) is 12.6 Å². The summed E-state index contributed by atoms with van der Waals surface area (Å²) in [6.07, 6.45) is 0.875. The minimum atomic E-state index is -0.194. The van der Waals surface area contributed by atoms with E-state index in [1.54, 1.807) is 0 Å². The van der Waals surface area contributed by atoms with E-state index in [1.807, 2.05) is 24.3 Å². The Morgan fingerprint density at radius 2 is 2.18 bits per heavy atom. The number of anilines is 1. The number of nitrogens with two attached hydrogens (primary N) is 1. The number of carbonyl (C=O) groups is 1. The largest absolute Gasteiger partial charge is 0.379 e.